The summed E-state index contributed by atoms with van der Waals surface area (Å²) in [5, 5.41) is 0. The molecule has 4 heteroatoms. The maximum absolute atomic E-state index is 0. The summed E-state index contributed by atoms with van der Waals surface area (Å²) in [5.74, 6) is 0. The van der Waals surface area contributed by atoms with Crippen molar-refractivity contribution in [2.45, 2.75) is 0 Å². The van der Waals surface area contributed by atoms with Crippen molar-refractivity contribution >= 4 is 48.3 Å². The van der Waals surface area contributed by atoms with Crippen LogP contribution in [0.4, 0.5) is 0 Å². The quantitative estimate of drug-likeness (QED) is 0.509. The van der Waals surface area contributed by atoms with Gasteiger partial charge in [-0.1, -0.05) is 0 Å². The van der Waals surface area contributed by atoms with Gasteiger partial charge in [0.05, 0.1) is 0 Å². The van der Waals surface area contributed by atoms with Gasteiger partial charge in [0, 0.05) is 0 Å². The van der Waals surface area contributed by atoms with E-state index < -0.39 is 0 Å². The van der Waals surface area contributed by atoms with Gasteiger partial charge in [-0.3, -0.25) is 0 Å². The van der Waals surface area contributed by atoms with Crippen LogP contribution in [0.5, 0.6) is 0 Å². The van der Waals surface area contributed by atoms with Gasteiger partial charge in [0.25, 0.3) is 0 Å². The van der Waals surface area contributed by atoms with Crippen LogP contribution < -0.4 is 0 Å². The van der Waals surface area contributed by atoms with Crippen molar-refractivity contribution < 1.29 is 31.7 Å². The largest absolute Gasteiger partial charge is 4.00 e. The molecular formula is OSbSnZr+9. The fourth-order valence-corrected chi connectivity index (χ4v) is 0. The smallest absolute Gasteiger partial charge is 2.00 e. The first-order valence-corrected chi connectivity index (χ1v) is 0. The molecule has 4 heavy (non-hydrogen) atoms. The molecule has 0 N–H and O–H groups in total. The maximum atomic E-state index is 0. The predicted octanol–water partition coefficient (Wildman–Crippen LogP) is -0.883. The van der Waals surface area contributed by atoms with Crippen LogP contribution in [-0.2, 0) is 31.7 Å². The van der Waals surface area contributed by atoms with Crippen molar-refractivity contribution in [1.29, 1.82) is 0 Å². The molecule has 0 aromatic carbocycles. The fraction of sp³-hybridized carbons (Fsp3) is 0. The van der Waals surface area contributed by atoms with Gasteiger partial charge in [0.2, 0.25) is 0 Å². The first-order valence-electron chi connectivity index (χ1n) is 0. The van der Waals surface area contributed by atoms with Crippen LogP contribution in [-0.4, -0.2) is 48.3 Å². The second kappa shape index (κ2) is 17.9. The Morgan fingerprint density at radius 3 is 1.00 bits per heavy atom. The van der Waals surface area contributed by atoms with E-state index in [0.29, 0.717) is 0 Å². The average Bonchev–Trinajstić information content (AvgIpc) is 0. The Morgan fingerprint density at radius 1 is 1.00 bits per heavy atom. The van der Waals surface area contributed by atoms with Crippen LogP contribution in [0.15, 0.2) is 0 Å². The summed E-state index contributed by atoms with van der Waals surface area (Å²) in [6.45, 7) is 0. The van der Waals surface area contributed by atoms with Gasteiger partial charge in [-0.2, -0.15) is 0 Å². The minimum Gasteiger partial charge on any atom is -2.00 e. The molecular weight excluding hydrogens is 348 g/mol. The fourth-order valence-electron chi connectivity index (χ4n) is 0. The Bertz CT molecular complexity index is 8.00. The Kier molecular flexibility index (Phi) is 143. The van der Waals surface area contributed by atoms with Crippen LogP contribution in [0.3, 0.4) is 0 Å². The number of hydrogen-bond acceptors (Lipinski definition) is 0. The molecule has 0 amide bonds. The molecule has 0 aromatic rings. The van der Waals surface area contributed by atoms with Gasteiger partial charge < -0.3 is 5.48 Å². The Morgan fingerprint density at radius 2 is 1.00 bits per heavy atom. The molecule has 0 saturated carbocycles. The average molecular weight is 348 g/mol. The summed E-state index contributed by atoms with van der Waals surface area (Å²) >= 11 is 0. The normalized spacial score (nSPS) is 0. The molecule has 2 radical (unpaired) electrons. The van der Waals surface area contributed by atoms with E-state index in [2.05, 4.69) is 0 Å². The molecule has 0 aliphatic carbocycles. The topological polar surface area (TPSA) is 28.5 Å². The summed E-state index contributed by atoms with van der Waals surface area (Å²) in [6.07, 6.45) is 0. The summed E-state index contributed by atoms with van der Waals surface area (Å²) in [6, 6.07) is 0. The minimum atomic E-state index is 0. The van der Waals surface area contributed by atoms with E-state index in [9.17, 15) is 0 Å². The van der Waals surface area contributed by atoms with Gasteiger partial charge in [-0.25, -0.2) is 0 Å². The van der Waals surface area contributed by atoms with Crippen LogP contribution in [0.2, 0.25) is 0 Å². The summed E-state index contributed by atoms with van der Waals surface area (Å²) in [5.41, 5.74) is 0. The van der Waals surface area contributed by atoms with Crippen molar-refractivity contribution in [3.8, 4) is 0 Å². The van der Waals surface area contributed by atoms with E-state index in [0.717, 1.165) is 0 Å². The summed E-state index contributed by atoms with van der Waals surface area (Å²) in [7, 11) is 0. The Hall–Kier alpha value is 2.46. The Labute approximate surface area is 78.7 Å². The second-order valence-corrected chi connectivity index (χ2v) is 0. The van der Waals surface area contributed by atoms with Gasteiger partial charge in [-0.05, 0) is 0 Å². The molecule has 0 aliphatic rings. The van der Waals surface area contributed by atoms with Gasteiger partial charge in [0.15, 0.2) is 0 Å². The van der Waals surface area contributed by atoms with Gasteiger partial charge >= 0.3 is 74.5 Å². The first kappa shape index (κ1) is 31.8. The monoisotopic (exact) mass is 347 g/mol. The molecule has 0 unspecified atom stereocenters. The third kappa shape index (κ3) is 8.82. The number of rotatable bonds is 0. The van der Waals surface area contributed by atoms with E-state index in [1.807, 2.05) is 0 Å². The van der Waals surface area contributed by atoms with Crippen molar-refractivity contribution in [3.63, 3.8) is 0 Å². The van der Waals surface area contributed by atoms with E-state index in [1.54, 1.807) is 0 Å². The third-order valence-corrected chi connectivity index (χ3v) is 0. The van der Waals surface area contributed by atoms with E-state index in [-0.39, 0.29) is 80.0 Å². The first-order chi connectivity index (χ1) is 0. The number of hydrogen-bond donors (Lipinski definition) is 0. The van der Waals surface area contributed by atoms with Crippen LogP contribution in [0.25, 0.3) is 0 Å². The minimum absolute atomic E-state index is 0. The van der Waals surface area contributed by atoms with Crippen molar-refractivity contribution in [2.24, 2.45) is 0 Å². The van der Waals surface area contributed by atoms with E-state index in [1.165, 1.54) is 0 Å². The molecule has 1 nitrogen and oxygen atoms in total. The van der Waals surface area contributed by atoms with Gasteiger partial charge in [-0.15, -0.1) is 0 Å². The second-order valence-electron chi connectivity index (χ2n) is 0. The standard InChI is InChI=1S/O.Sb.Sn.Zr/q-2;+3;2*+4. The molecule has 10 valence electrons. The van der Waals surface area contributed by atoms with Crippen molar-refractivity contribution in [2.75, 3.05) is 0 Å². The zero-order valence-electron chi connectivity index (χ0n) is 1.86. The molecule has 0 aromatic heterocycles. The van der Waals surface area contributed by atoms with E-state index in [4.69, 9.17) is 0 Å². The van der Waals surface area contributed by atoms with Crippen LogP contribution >= 0.6 is 0 Å². The van der Waals surface area contributed by atoms with Crippen molar-refractivity contribution in [1.82, 2.24) is 0 Å². The Balaban J connectivity index is 0. The zero-order chi connectivity index (χ0) is 0. The predicted molar refractivity (Wildman–Crippen MR) is 12.2 cm³/mol. The molecule has 0 aliphatic heterocycles. The molecule has 0 atom stereocenters. The molecule has 0 spiro atoms. The van der Waals surface area contributed by atoms with Gasteiger partial charge in [0.1, 0.15) is 0 Å². The molecule has 0 bridgehead atoms. The maximum Gasteiger partial charge on any atom is 4.00 e. The van der Waals surface area contributed by atoms with E-state index >= 15 is 0 Å². The summed E-state index contributed by atoms with van der Waals surface area (Å²) < 4.78 is 0. The molecule has 0 rings (SSSR count). The van der Waals surface area contributed by atoms with Crippen LogP contribution in [0.1, 0.15) is 0 Å². The summed E-state index contributed by atoms with van der Waals surface area (Å²) in [4.78, 5) is 0. The molecule has 0 fully saturated rings. The zero-order valence-corrected chi connectivity index (χ0v) is 9.72. The SMILES string of the molecule is [O-2].[Sb+3].[Sn+4].[Zr+4]. The van der Waals surface area contributed by atoms with Crippen molar-refractivity contribution in [3.05, 3.63) is 0 Å². The molecule has 0 saturated heterocycles. The van der Waals surface area contributed by atoms with Crippen LogP contribution in [0, 0.1) is 0 Å². The molecule has 0 heterocycles. The third-order valence-electron chi connectivity index (χ3n) is 0.